The van der Waals surface area contributed by atoms with Crippen LogP contribution in [0, 0.1) is 25.2 Å². The second-order valence-corrected chi connectivity index (χ2v) is 13.5. The highest BCUT2D eigenvalue weighted by atomic mass is 16.1. The summed E-state index contributed by atoms with van der Waals surface area (Å²) in [7, 11) is 0. The third-order valence-corrected chi connectivity index (χ3v) is 9.63. The van der Waals surface area contributed by atoms with Gasteiger partial charge in [0.1, 0.15) is 12.6 Å². The van der Waals surface area contributed by atoms with Gasteiger partial charge in [-0.25, -0.2) is 5.87 Å². The number of nitriles is 1. The van der Waals surface area contributed by atoms with Crippen molar-refractivity contribution in [3.05, 3.63) is 104 Å². The summed E-state index contributed by atoms with van der Waals surface area (Å²) in [5.74, 6) is 1.99. The molecule has 0 radical (unpaired) electrons. The van der Waals surface area contributed by atoms with Crippen LogP contribution in [0.4, 0.5) is 11.4 Å². The van der Waals surface area contributed by atoms with Crippen LogP contribution < -0.4 is 4.90 Å². The maximum atomic E-state index is 14.1. The summed E-state index contributed by atoms with van der Waals surface area (Å²) in [5.41, 5.74) is 9.92. The van der Waals surface area contributed by atoms with Crippen LogP contribution >= 0.6 is 0 Å². The number of ketones is 1. The minimum atomic E-state index is -0.342. The van der Waals surface area contributed by atoms with E-state index in [1.165, 1.54) is 22.3 Å². The van der Waals surface area contributed by atoms with Crippen LogP contribution in [0.25, 0.3) is 5.41 Å². The first-order valence-electron chi connectivity index (χ1n) is 16.0. The lowest BCUT2D eigenvalue weighted by atomic mass is 9.73. The average Bonchev–Trinajstić information content (AvgIpc) is 3.33. The zero-order valence-electron chi connectivity index (χ0n) is 27.6. The van der Waals surface area contributed by atoms with E-state index in [0.717, 1.165) is 61.6 Å². The summed E-state index contributed by atoms with van der Waals surface area (Å²) in [6, 6.07) is 15.2. The molecule has 3 aliphatic rings. The molecule has 2 aromatic carbocycles. The number of carbonyl (C=O) groups excluding carboxylic acids is 1. The smallest absolute Gasteiger partial charge is 0.209 e. The van der Waals surface area contributed by atoms with Crippen molar-refractivity contribution in [2.24, 2.45) is 0 Å². The van der Waals surface area contributed by atoms with Crippen molar-refractivity contribution in [3.63, 3.8) is 0 Å². The van der Waals surface area contributed by atoms with Gasteiger partial charge in [-0.15, -0.1) is 0 Å². The van der Waals surface area contributed by atoms with E-state index in [1.807, 2.05) is 12.2 Å². The molecule has 2 aliphatic heterocycles. The molecule has 5 rings (SSSR count). The number of nitrogens with zero attached hydrogens (tertiary/aromatic N) is 4. The monoisotopic (exact) mass is 584 g/mol. The topological polar surface area (TPSA) is 69.4 Å². The van der Waals surface area contributed by atoms with Crippen molar-refractivity contribution < 1.29 is 9.37 Å². The fourth-order valence-electron chi connectivity index (χ4n) is 7.02. The highest BCUT2D eigenvalue weighted by molar-refractivity contribution is 6.27. The summed E-state index contributed by atoms with van der Waals surface area (Å²) in [6.07, 6.45) is 8.06. The van der Waals surface area contributed by atoms with Gasteiger partial charge in [-0.1, -0.05) is 69.9 Å². The molecule has 0 atom stereocenters. The molecule has 0 spiro atoms. The van der Waals surface area contributed by atoms with E-state index in [0.29, 0.717) is 16.7 Å². The maximum absolute atomic E-state index is 14.1. The third kappa shape index (κ3) is 4.92. The largest absolute Gasteiger partial charge is 0.762 e. The van der Waals surface area contributed by atoms with Gasteiger partial charge in [-0.2, -0.15) is 9.84 Å². The first-order valence-corrected chi connectivity index (χ1v) is 16.0. The van der Waals surface area contributed by atoms with Gasteiger partial charge in [0.15, 0.2) is 11.5 Å². The number of Topliss-reactive ketones (excluding diaryl/α,β-unsaturated/α-hetero) is 1. The van der Waals surface area contributed by atoms with Crippen LogP contribution in [0.3, 0.4) is 0 Å². The number of rotatable bonds is 9. The Balaban J connectivity index is 1.71. The summed E-state index contributed by atoms with van der Waals surface area (Å²) >= 11 is 0. The first kappa shape index (κ1) is 31.2. The molecule has 226 valence electrons. The molecule has 0 saturated heterocycles. The maximum Gasteiger partial charge on any atom is 0.209 e. The van der Waals surface area contributed by atoms with Crippen molar-refractivity contribution in [3.8, 4) is 6.07 Å². The molecular formula is C39H44N4O. The number of anilines is 1. The Hall–Kier alpha value is -4.26. The number of fused-ring (bicyclic) bond motifs is 2. The number of unbranched alkanes of at least 4 members (excludes halogenated alkanes) is 2. The van der Waals surface area contributed by atoms with Gasteiger partial charge in [0.2, 0.25) is 5.69 Å². The quantitative estimate of drug-likeness (QED) is 0.128. The van der Waals surface area contributed by atoms with Crippen LogP contribution in [0.2, 0.25) is 0 Å². The van der Waals surface area contributed by atoms with Crippen LogP contribution in [0.1, 0.15) is 89.5 Å². The third-order valence-electron chi connectivity index (χ3n) is 9.63. The van der Waals surface area contributed by atoms with Crippen molar-refractivity contribution in [1.29, 1.82) is 5.26 Å². The summed E-state index contributed by atoms with van der Waals surface area (Å²) in [4.78, 5) is 16.5. The molecule has 0 unspecified atom stereocenters. The zero-order chi connectivity index (χ0) is 32.0. The van der Waals surface area contributed by atoms with Gasteiger partial charge in [-0.05, 0) is 57.9 Å². The molecule has 1 aliphatic carbocycles. The van der Waals surface area contributed by atoms with Gasteiger partial charge >= 0.3 is 0 Å². The Morgan fingerprint density at radius 2 is 1.61 bits per heavy atom. The molecular weight excluding hydrogens is 540 g/mol. The fraction of sp³-hybridized carbons (Fsp3) is 0.410. The molecule has 2 heterocycles. The molecule has 0 N–H and O–H groups in total. The second-order valence-electron chi connectivity index (χ2n) is 13.5. The lowest BCUT2D eigenvalue weighted by Gasteiger charge is -2.30. The van der Waals surface area contributed by atoms with Gasteiger partial charge in [0, 0.05) is 64.2 Å². The van der Waals surface area contributed by atoms with Crippen molar-refractivity contribution >= 4 is 28.7 Å². The Labute approximate surface area is 263 Å². The average molecular weight is 585 g/mol. The summed E-state index contributed by atoms with van der Waals surface area (Å²) in [6.45, 7) is 19.0. The van der Waals surface area contributed by atoms with E-state index in [-0.39, 0.29) is 22.2 Å². The normalized spacial score (nSPS) is 19.7. The van der Waals surface area contributed by atoms with Gasteiger partial charge in [0.25, 0.3) is 0 Å². The van der Waals surface area contributed by atoms with E-state index in [1.54, 1.807) is 0 Å². The van der Waals surface area contributed by atoms with Gasteiger partial charge in [-0.3, -0.25) is 4.79 Å². The molecule has 5 nitrogen and oxygen atoms in total. The number of hydrogen-bond acceptors (Lipinski definition) is 3. The first-order chi connectivity index (χ1) is 20.9. The molecule has 0 bridgehead atoms. The van der Waals surface area contributed by atoms with Crippen LogP contribution in [0.15, 0.2) is 76.5 Å². The van der Waals surface area contributed by atoms with E-state index in [9.17, 15) is 15.5 Å². The Kier molecular flexibility index (Phi) is 8.27. The minimum absolute atomic E-state index is 0.0168. The lowest BCUT2D eigenvalue weighted by molar-refractivity contribution is -0.438. The summed E-state index contributed by atoms with van der Waals surface area (Å²) in [5, 5.41) is 20.1. The van der Waals surface area contributed by atoms with Gasteiger partial charge < -0.3 is 10.3 Å². The Morgan fingerprint density at radius 3 is 2.25 bits per heavy atom. The number of allylic oxidation sites excluding steroid dienone is 7. The van der Waals surface area contributed by atoms with Crippen LogP contribution in [-0.2, 0) is 15.6 Å². The second kappa shape index (κ2) is 11.7. The van der Waals surface area contributed by atoms with E-state index in [4.69, 9.17) is 0 Å². The van der Waals surface area contributed by atoms with Crippen molar-refractivity contribution in [2.75, 3.05) is 18.0 Å². The highest BCUT2D eigenvalue weighted by Crippen LogP contribution is 2.50. The zero-order valence-corrected chi connectivity index (χ0v) is 27.6. The number of aryl methyl sites for hydroxylation is 2. The van der Waals surface area contributed by atoms with Gasteiger partial charge in [0.05, 0.1) is 11.0 Å². The van der Waals surface area contributed by atoms with E-state index < -0.39 is 0 Å². The Morgan fingerprint density at radius 1 is 0.955 bits per heavy atom. The van der Waals surface area contributed by atoms with Crippen molar-refractivity contribution in [1.82, 2.24) is 0 Å². The number of hydrogen-bond donors (Lipinski definition) is 0. The van der Waals surface area contributed by atoms with E-state index in [2.05, 4.69) is 113 Å². The SMILES string of the molecule is CCCCN1/C(=C/C2=C(C(=C=[N-])C#N)C(=C/C3=[N+](CCCC)c4ccc(C)cc4C3(C)C)/C2=O)C(C)(C)c2cc(C)ccc21. The Bertz CT molecular complexity index is 1780. The molecule has 0 amide bonds. The van der Waals surface area contributed by atoms with E-state index >= 15 is 0 Å². The van der Waals surface area contributed by atoms with Crippen LogP contribution in [0.5, 0.6) is 0 Å². The molecule has 0 aromatic heterocycles. The lowest BCUT2D eigenvalue weighted by Crippen LogP contribution is -2.32. The standard InChI is InChI=1S/C39H44N4O/c1-9-11-17-42-32-15-13-25(3)19-30(32)38(5,6)34(42)21-28-36(27(23-40)24-41)29(37(28)44)22-35-39(7,8)31-20-26(4)14-16-33(31)43(35)18-12-10-2/h13-16,19-22H,9-12,17-18H2,1-8H3. The molecule has 0 fully saturated rings. The molecule has 2 aromatic rings. The summed E-state index contributed by atoms with van der Waals surface area (Å²) < 4.78 is 2.33. The minimum Gasteiger partial charge on any atom is -0.762 e. The molecule has 5 heteroatoms. The predicted octanol–water partition coefficient (Wildman–Crippen LogP) is 8.46. The predicted molar refractivity (Wildman–Crippen MR) is 181 cm³/mol. The van der Waals surface area contributed by atoms with Crippen molar-refractivity contribution in [2.45, 2.75) is 91.9 Å². The fourth-order valence-corrected chi connectivity index (χ4v) is 7.02. The number of carbonyl (C=O) groups is 1. The molecule has 0 saturated carbocycles. The number of benzene rings is 2. The van der Waals surface area contributed by atoms with Crippen LogP contribution in [-0.4, -0.2) is 35.0 Å². The molecule has 44 heavy (non-hydrogen) atoms. The highest BCUT2D eigenvalue weighted by Gasteiger charge is 2.47.